The fourth-order valence-corrected chi connectivity index (χ4v) is 2.15. The van der Waals surface area contributed by atoms with Crippen LogP contribution in [0.15, 0.2) is 18.5 Å². The highest BCUT2D eigenvalue weighted by Crippen LogP contribution is 2.18. The fourth-order valence-electron chi connectivity index (χ4n) is 2.15. The molecular weight excluding hydrogens is 266 g/mol. The zero-order valence-electron chi connectivity index (χ0n) is 12.8. The van der Waals surface area contributed by atoms with Crippen molar-refractivity contribution in [2.45, 2.75) is 26.4 Å². The molecule has 0 unspecified atom stereocenters. The van der Waals surface area contributed by atoms with Gasteiger partial charge in [0.05, 0.1) is 11.9 Å². The minimum Gasteiger partial charge on any atom is -0.444 e. The van der Waals surface area contributed by atoms with Crippen LogP contribution in [0.1, 0.15) is 26.3 Å². The number of nitrogens with zero attached hydrogens (tertiary/aromatic N) is 3. The summed E-state index contributed by atoms with van der Waals surface area (Å²) in [5, 5.41) is 0. The van der Waals surface area contributed by atoms with Gasteiger partial charge in [-0.3, -0.25) is 4.98 Å². The van der Waals surface area contributed by atoms with Crippen molar-refractivity contribution >= 4 is 11.8 Å². The first-order valence-corrected chi connectivity index (χ1v) is 7.03. The summed E-state index contributed by atoms with van der Waals surface area (Å²) in [6.45, 7) is 8.38. The molecule has 0 bridgehead atoms. The molecule has 112 valence electrons. The number of carbonyl (C=O) groups excluding carboxylic acids is 1. The van der Waals surface area contributed by atoms with Crippen LogP contribution in [-0.4, -0.2) is 47.8 Å². The van der Waals surface area contributed by atoms with Crippen LogP contribution in [-0.2, 0) is 4.74 Å². The third-order valence-electron chi connectivity index (χ3n) is 3.19. The number of rotatable bonds is 1. The third kappa shape index (κ3) is 4.12. The Labute approximate surface area is 125 Å². The second-order valence-corrected chi connectivity index (χ2v) is 6.03. The van der Waals surface area contributed by atoms with Crippen LogP contribution in [0, 0.1) is 12.3 Å². The molecule has 1 amide bonds. The van der Waals surface area contributed by atoms with E-state index in [1.807, 2.05) is 26.8 Å². The van der Waals surface area contributed by atoms with E-state index >= 15 is 0 Å². The summed E-state index contributed by atoms with van der Waals surface area (Å²) in [5.74, 6) is 2.59. The predicted octanol–water partition coefficient (Wildman–Crippen LogP) is 2.12. The van der Waals surface area contributed by atoms with E-state index in [1.165, 1.54) is 0 Å². The molecule has 0 atom stereocenters. The molecule has 21 heavy (non-hydrogen) atoms. The van der Waals surface area contributed by atoms with Gasteiger partial charge in [0.2, 0.25) is 0 Å². The van der Waals surface area contributed by atoms with Gasteiger partial charge in [-0.2, -0.15) is 0 Å². The van der Waals surface area contributed by atoms with E-state index in [1.54, 1.807) is 17.3 Å². The highest BCUT2D eigenvalue weighted by atomic mass is 16.6. The zero-order chi connectivity index (χ0) is 15.5. The summed E-state index contributed by atoms with van der Waals surface area (Å²) >= 11 is 0. The van der Waals surface area contributed by atoms with Crippen molar-refractivity contribution in [3.8, 4) is 12.3 Å². The van der Waals surface area contributed by atoms with Crippen LogP contribution in [0.2, 0.25) is 0 Å². The van der Waals surface area contributed by atoms with Gasteiger partial charge in [0.15, 0.2) is 0 Å². The zero-order valence-corrected chi connectivity index (χ0v) is 12.8. The molecule has 0 spiro atoms. The minimum absolute atomic E-state index is 0.252. The molecular formula is C16H21N3O2. The maximum atomic E-state index is 12.0. The average molecular weight is 287 g/mol. The monoisotopic (exact) mass is 287 g/mol. The Balaban J connectivity index is 1.94. The Bertz CT molecular complexity index is 549. The van der Waals surface area contributed by atoms with Crippen molar-refractivity contribution in [3.05, 3.63) is 24.0 Å². The summed E-state index contributed by atoms with van der Waals surface area (Å²) < 4.78 is 5.38. The molecule has 0 N–H and O–H groups in total. The molecule has 0 aliphatic carbocycles. The molecule has 5 heteroatoms. The number of hydrogen-bond donors (Lipinski definition) is 0. The quantitative estimate of drug-likeness (QED) is 0.742. The third-order valence-corrected chi connectivity index (χ3v) is 3.19. The van der Waals surface area contributed by atoms with Gasteiger partial charge < -0.3 is 14.5 Å². The SMILES string of the molecule is C#Cc1cncc(N2CCN(C(=O)OC(C)(C)C)CC2)c1. The molecule has 2 rings (SSSR count). The first-order chi connectivity index (χ1) is 9.89. The van der Waals surface area contributed by atoms with Crippen molar-refractivity contribution in [3.63, 3.8) is 0 Å². The van der Waals surface area contributed by atoms with Crippen molar-refractivity contribution in [1.82, 2.24) is 9.88 Å². The van der Waals surface area contributed by atoms with Gasteiger partial charge in [0, 0.05) is 37.9 Å². The smallest absolute Gasteiger partial charge is 0.410 e. The van der Waals surface area contributed by atoms with Crippen LogP contribution in [0.4, 0.5) is 10.5 Å². The van der Waals surface area contributed by atoms with Gasteiger partial charge in [-0.15, -0.1) is 6.42 Å². The number of ether oxygens (including phenoxy) is 1. The Kier molecular flexibility index (Phi) is 4.37. The van der Waals surface area contributed by atoms with Gasteiger partial charge >= 0.3 is 6.09 Å². The molecule has 1 aromatic heterocycles. The first-order valence-electron chi connectivity index (χ1n) is 7.03. The fraction of sp³-hybridized carbons (Fsp3) is 0.500. The number of aromatic nitrogens is 1. The number of hydrogen-bond acceptors (Lipinski definition) is 4. The molecule has 0 radical (unpaired) electrons. The van der Waals surface area contributed by atoms with Crippen molar-refractivity contribution < 1.29 is 9.53 Å². The predicted molar refractivity (Wildman–Crippen MR) is 82.2 cm³/mol. The van der Waals surface area contributed by atoms with Gasteiger partial charge in [-0.1, -0.05) is 5.92 Å². The van der Waals surface area contributed by atoms with E-state index in [0.29, 0.717) is 13.1 Å². The molecule has 2 heterocycles. The van der Waals surface area contributed by atoms with Crippen LogP contribution in [0.5, 0.6) is 0 Å². The lowest BCUT2D eigenvalue weighted by Crippen LogP contribution is -2.50. The molecule has 1 aliphatic rings. The van der Waals surface area contributed by atoms with Gasteiger partial charge in [-0.05, 0) is 26.8 Å². The summed E-state index contributed by atoms with van der Waals surface area (Å²) in [6.07, 6.45) is 8.60. The van der Waals surface area contributed by atoms with Crippen LogP contribution in [0.25, 0.3) is 0 Å². The Morgan fingerprint density at radius 1 is 1.29 bits per heavy atom. The standard InChI is InChI=1S/C16H21N3O2/c1-5-13-10-14(12-17-11-13)18-6-8-19(9-7-18)15(20)21-16(2,3)4/h1,10-12H,6-9H2,2-4H3. The molecule has 1 saturated heterocycles. The van der Waals surface area contributed by atoms with E-state index in [4.69, 9.17) is 11.2 Å². The second kappa shape index (κ2) is 6.04. The minimum atomic E-state index is -0.459. The summed E-state index contributed by atoms with van der Waals surface area (Å²) in [5.41, 5.74) is 1.30. The summed E-state index contributed by atoms with van der Waals surface area (Å²) in [6, 6.07) is 1.94. The average Bonchev–Trinajstić information content (AvgIpc) is 2.46. The number of piperazine rings is 1. The lowest BCUT2D eigenvalue weighted by molar-refractivity contribution is 0.0240. The molecule has 0 aromatic carbocycles. The Hall–Kier alpha value is -2.22. The maximum absolute atomic E-state index is 12.0. The summed E-state index contributed by atoms with van der Waals surface area (Å²) in [7, 11) is 0. The Morgan fingerprint density at radius 3 is 2.52 bits per heavy atom. The molecule has 1 aliphatic heterocycles. The maximum Gasteiger partial charge on any atom is 0.410 e. The molecule has 5 nitrogen and oxygen atoms in total. The highest BCUT2D eigenvalue weighted by molar-refractivity contribution is 5.68. The number of anilines is 1. The normalized spacial score (nSPS) is 15.5. The van der Waals surface area contributed by atoms with Gasteiger partial charge in [0.25, 0.3) is 0 Å². The lowest BCUT2D eigenvalue weighted by Gasteiger charge is -2.36. The van der Waals surface area contributed by atoms with E-state index in [9.17, 15) is 4.79 Å². The lowest BCUT2D eigenvalue weighted by atomic mass is 10.2. The molecule has 1 fully saturated rings. The van der Waals surface area contributed by atoms with E-state index < -0.39 is 5.60 Å². The summed E-state index contributed by atoms with van der Waals surface area (Å²) in [4.78, 5) is 20.1. The van der Waals surface area contributed by atoms with E-state index in [0.717, 1.165) is 24.3 Å². The largest absolute Gasteiger partial charge is 0.444 e. The number of amides is 1. The number of pyridine rings is 1. The van der Waals surface area contributed by atoms with Crippen molar-refractivity contribution in [2.24, 2.45) is 0 Å². The van der Waals surface area contributed by atoms with Crippen molar-refractivity contribution in [1.29, 1.82) is 0 Å². The number of carbonyl (C=O) groups is 1. The first kappa shape index (κ1) is 15.2. The van der Waals surface area contributed by atoms with Crippen LogP contribution < -0.4 is 4.90 Å². The van der Waals surface area contributed by atoms with Crippen LogP contribution in [0.3, 0.4) is 0 Å². The topological polar surface area (TPSA) is 45.7 Å². The van der Waals surface area contributed by atoms with Gasteiger partial charge in [-0.25, -0.2) is 4.79 Å². The van der Waals surface area contributed by atoms with E-state index in [2.05, 4.69) is 15.8 Å². The molecule has 0 saturated carbocycles. The van der Waals surface area contributed by atoms with E-state index in [-0.39, 0.29) is 6.09 Å². The van der Waals surface area contributed by atoms with Gasteiger partial charge in [0.1, 0.15) is 5.60 Å². The highest BCUT2D eigenvalue weighted by Gasteiger charge is 2.25. The van der Waals surface area contributed by atoms with Crippen molar-refractivity contribution in [2.75, 3.05) is 31.1 Å². The Morgan fingerprint density at radius 2 is 1.95 bits per heavy atom. The second-order valence-electron chi connectivity index (χ2n) is 6.03. The van der Waals surface area contributed by atoms with Crippen LogP contribution >= 0.6 is 0 Å². The molecule has 1 aromatic rings. The number of terminal acetylenes is 1.